The number of hydrogen-bond acceptors (Lipinski definition) is 7. The third-order valence-electron chi connectivity index (χ3n) is 6.24. The second-order valence-electron chi connectivity index (χ2n) is 8.44. The van der Waals surface area contributed by atoms with Gasteiger partial charge in [-0.15, -0.1) is 0 Å². The number of rotatable bonds is 6. The van der Waals surface area contributed by atoms with Gasteiger partial charge in [-0.05, 0) is 35.7 Å². The van der Waals surface area contributed by atoms with E-state index in [4.69, 9.17) is 9.47 Å². The molecule has 0 radical (unpaired) electrons. The number of likely N-dealkylation sites (tertiary alicyclic amines) is 1. The smallest absolute Gasteiger partial charge is 0.295 e. The zero-order chi connectivity index (χ0) is 25.2. The van der Waals surface area contributed by atoms with Crippen molar-refractivity contribution in [2.45, 2.75) is 12.5 Å². The van der Waals surface area contributed by atoms with Crippen molar-refractivity contribution >= 4 is 23.1 Å². The third kappa shape index (κ3) is 4.26. The molecule has 0 saturated carbocycles. The molecule has 0 aliphatic carbocycles. The highest BCUT2D eigenvalue weighted by Gasteiger charge is 2.46. The first kappa shape index (κ1) is 23.1. The normalized spacial score (nSPS) is 18.3. The molecular weight excluding hydrogens is 464 g/mol. The number of non-ortho nitro benzene ring substituents is 1. The molecule has 2 aliphatic heterocycles. The summed E-state index contributed by atoms with van der Waals surface area (Å²) in [7, 11) is 0. The van der Waals surface area contributed by atoms with Crippen LogP contribution in [0.25, 0.3) is 5.76 Å². The number of fused-ring (bicyclic) bond motifs is 1. The van der Waals surface area contributed by atoms with Crippen LogP contribution in [-0.4, -0.2) is 46.4 Å². The lowest BCUT2D eigenvalue weighted by Gasteiger charge is -2.25. The Balaban J connectivity index is 1.60. The molecule has 0 spiro atoms. The molecule has 5 rings (SSSR count). The second kappa shape index (κ2) is 9.53. The predicted molar refractivity (Wildman–Crippen MR) is 130 cm³/mol. The number of carbonyl (C=O) groups is 2. The number of nitrogens with zero attached hydrogens (tertiary/aromatic N) is 2. The highest BCUT2D eigenvalue weighted by Crippen LogP contribution is 2.41. The maximum atomic E-state index is 13.2. The van der Waals surface area contributed by atoms with Crippen molar-refractivity contribution in [2.24, 2.45) is 0 Å². The molecule has 1 atom stereocenters. The first-order valence-electron chi connectivity index (χ1n) is 11.4. The standard InChI is InChI=1S/C27H22N2O7/c30-25(19-9-10-21-22(16-19)36-14-13-35-21)23-24(18-7-4-8-20(15-18)29(33)34)28(27(32)26(23)31)12-11-17-5-2-1-3-6-17/h1-10,15-16,24,30H,11-14H2/t24-/m1/s1. The van der Waals surface area contributed by atoms with Crippen LogP contribution in [0.15, 0.2) is 78.4 Å². The van der Waals surface area contributed by atoms with E-state index in [-0.39, 0.29) is 29.1 Å². The first-order chi connectivity index (χ1) is 17.4. The SMILES string of the molecule is O=C1C(=O)N(CCc2ccccc2)[C@H](c2cccc([N+](=O)[O-])c2)C1=C(O)c1ccc2c(c1)OCCO2. The van der Waals surface area contributed by atoms with E-state index in [2.05, 4.69) is 0 Å². The molecule has 1 N–H and O–H groups in total. The summed E-state index contributed by atoms with van der Waals surface area (Å²) in [6.07, 6.45) is 0.462. The van der Waals surface area contributed by atoms with Crippen LogP contribution in [0.1, 0.15) is 22.7 Å². The second-order valence-corrected chi connectivity index (χ2v) is 8.44. The van der Waals surface area contributed by atoms with Gasteiger partial charge in [-0.1, -0.05) is 42.5 Å². The first-order valence-corrected chi connectivity index (χ1v) is 11.4. The van der Waals surface area contributed by atoms with Crippen LogP contribution in [0.2, 0.25) is 0 Å². The van der Waals surface area contributed by atoms with Crippen molar-refractivity contribution in [3.63, 3.8) is 0 Å². The van der Waals surface area contributed by atoms with Crippen molar-refractivity contribution in [3.8, 4) is 11.5 Å². The van der Waals surface area contributed by atoms with Gasteiger partial charge in [0.15, 0.2) is 11.5 Å². The Kier molecular flexibility index (Phi) is 6.12. The monoisotopic (exact) mass is 486 g/mol. The molecule has 1 fully saturated rings. The number of amides is 1. The summed E-state index contributed by atoms with van der Waals surface area (Å²) in [4.78, 5) is 38.6. The van der Waals surface area contributed by atoms with E-state index in [1.54, 1.807) is 24.3 Å². The molecule has 0 aromatic heterocycles. The number of nitro benzene ring substituents is 1. The average Bonchev–Trinajstić information content (AvgIpc) is 3.16. The third-order valence-corrected chi connectivity index (χ3v) is 6.24. The Morgan fingerprint density at radius 3 is 2.47 bits per heavy atom. The molecule has 0 bridgehead atoms. The van der Waals surface area contributed by atoms with E-state index in [0.29, 0.717) is 36.7 Å². The van der Waals surface area contributed by atoms with Gasteiger partial charge in [-0.25, -0.2) is 0 Å². The van der Waals surface area contributed by atoms with Crippen molar-refractivity contribution in [2.75, 3.05) is 19.8 Å². The maximum absolute atomic E-state index is 13.2. The Hall–Kier alpha value is -4.66. The molecule has 3 aromatic carbocycles. The molecule has 3 aromatic rings. The largest absolute Gasteiger partial charge is 0.507 e. The van der Waals surface area contributed by atoms with E-state index in [0.717, 1.165) is 5.56 Å². The van der Waals surface area contributed by atoms with Crippen LogP contribution in [-0.2, 0) is 16.0 Å². The zero-order valence-electron chi connectivity index (χ0n) is 19.1. The number of Topliss-reactive ketones (excluding diaryl/α,β-unsaturated/α-hetero) is 1. The molecule has 9 heteroatoms. The van der Waals surface area contributed by atoms with Crippen LogP contribution in [0.4, 0.5) is 5.69 Å². The van der Waals surface area contributed by atoms with Crippen molar-refractivity contribution in [1.29, 1.82) is 0 Å². The van der Waals surface area contributed by atoms with Gasteiger partial charge in [0.25, 0.3) is 17.4 Å². The number of benzene rings is 3. The maximum Gasteiger partial charge on any atom is 0.295 e. The average molecular weight is 486 g/mol. The van der Waals surface area contributed by atoms with Gasteiger partial charge in [0.2, 0.25) is 0 Å². The molecule has 36 heavy (non-hydrogen) atoms. The van der Waals surface area contributed by atoms with Crippen LogP contribution in [0.5, 0.6) is 11.5 Å². The van der Waals surface area contributed by atoms with Crippen LogP contribution in [0.3, 0.4) is 0 Å². The molecular formula is C27H22N2O7. The van der Waals surface area contributed by atoms with Crippen LogP contribution in [0, 0.1) is 10.1 Å². The Bertz CT molecular complexity index is 1380. The van der Waals surface area contributed by atoms with Gasteiger partial charge in [0.05, 0.1) is 16.5 Å². The van der Waals surface area contributed by atoms with Crippen molar-refractivity contribution < 1.29 is 29.1 Å². The van der Waals surface area contributed by atoms with Crippen molar-refractivity contribution in [1.82, 2.24) is 4.90 Å². The Morgan fingerprint density at radius 2 is 1.72 bits per heavy atom. The summed E-state index contributed by atoms with van der Waals surface area (Å²) in [5.74, 6) is -1.09. The molecule has 1 saturated heterocycles. The van der Waals surface area contributed by atoms with Crippen molar-refractivity contribution in [3.05, 3.63) is 105 Å². The lowest BCUT2D eigenvalue weighted by molar-refractivity contribution is -0.384. The van der Waals surface area contributed by atoms with Gasteiger partial charge in [0, 0.05) is 24.2 Å². The number of carbonyl (C=O) groups excluding carboxylic acids is 2. The van der Waals surface area contributed by atoms with Gasteiger partial charge >= 0.3 is 0 Å². The predicted octanol–water partition coefficient (Wildman–Crippen LogP) is 4.03. The number of hydrogen-bond donors (Lipinski definition) is 1. The lowest BCUT2D eigenvalue weighted by Crippen LogP contribution is -2.31. The molecule has 9 nitrogen and oxygen atoms in total. The lowest BCUT2D eigenvalue weighted by atomic mass is 9.94. The summed E-state index contributed by atoms with van der Waals surface area (Å²) in [6.45, 7) is 0.923. The highest BCUT2D eigenvalue weighted by molar-refractivity contribution is 6.46. The molecule has 2 heterocycles. The van der Waals surface area contributed by atoms with E-state index >= 15 is 0 Å². The number of ether oxygens (including phenoxy) is 2. The van der Waals surface area contributed by atoms with Gasteiger partial charge in [-0.3, -0.25) is 19.7 Å². The quantitative estimate of drug-likeness (QED) is 0.184. The summed E-state index contributed by atoms with van der Waals surface area (Å²) in [5.41, 5.74) is 1.28. The summed E-state index contributed by atoms with van der Waals surface area (Å²) >= 11 is 0. The minimum Gasteiger partial charge on any atom is -0.507 e. The number of ketones is 1. The van der Waals surface area contributed by atoms with E-state index in [1.807, 2.05) is 30.3 Å². The molecule has 182 valence electrons. The number of aliphatic hydroxyl groups excluding tert-OH is 1. The summed E-state index contributed by atoms with van der Waals surface area (Å²) in [6, 6.07) is 19.0. The highest BCUT2D eigenvalue weighted by atomic mass is 16.6. The van der Waals surface area contributed by atoms with Crippen LogP contribution >= 0.6 is 0 Å². The minimum absolute atomic E-state index is 0.134. The van der Waals surface area contributed by atoms with Gasteiger partial charge < -0.3 is 19.5 Å². The molecule has 2 aliphatic rings. The number of nitro groups is 1. The Labute approximate surface area is 206 Å². The minimum atomic E-state index is -0.998. The molecule has 1 amide bonds. The van der Waals surface area contributed by atoms with Gasteiger partial charge in [0.1, 0.15) is 19.0 Å². The summed E-state index contributed by atoms with van der Waals surface area (Å²) in [5, 5.41) is 22.7. The van der Waals surface area contributed by atoms with E-state index in [1.165, 1.54) is 23.1 Å². The zero-order valence-corrected chi connectivity index (χ0v) is 19.1. The van der Waals surface area contributed by atoms with E-state index < -0.39 is 22.7 Å². The molecule has 0 unspecified atom stereocenters. The van der Waals surface area contributed by atoms with Crippen LogP contribution < -0.4 is 9.47 Å². The fraction of sp³-hybridized carbons (Fsp3) is 0.185. The summed E-state index contributed by atoms with van der Waals surface area (Å²) < 4.78 is 11.1. The van der Waals surface area contributed by atoms with Gasteiger partial charge in [-0.2, -0.15) is 0 Å². The fourth-order valence-corrected chi connectivity index (χ4v) is 4.51. The Morgan fingerprint density at radius 1 is 0.972 bits per heavy atom. The number of aliphatic hydroxyl groups is 1. The van der Waals surface area contributed by atoms with E-state index in [9.17, 15) is 24.8 Å². The fourth-order valence-electron chi connectivity index (χ4n) is 4.51. The topological polar surface area (TPSA) is 119 Å².